The van der Waals surface area contributed by atoms with Crippen LogP contribution in [0.15, 0.2) is 30.3 Å². The predicted octanol–water partition coefficient (Wildman–Crippen LogP) is 1.23. The fraction of sp³-hybridized carbons (Fsp3) is 0.500. The summed E-state index contributed by atoms with van der Waals surface area (Å²) in [6.45, 7) is 3.40. The largest absolute Gasteiger partial charge is 0.461 e. The van der Waals surface area contributed by atoms with Crippen molar-refractivity contribution in [1.29, 1.82) is 0 Å². The van der Waals surface area contributed by atoms with Crippen molar-refractivity contribution in [2.45, 2.75) is 32.4 Å². The summed E-state index contributed by atoms with van der Waals surface area (Å²) in [5, 5.41) is 6.10. The quantitative estimate of drug-likeness (QED) is 0.741. The van der Waals surface area contributed by atoms with Crippen molar-refractivity contribution in [3.63, 3.8) is 0 Å². The molecule has 0 spiro atoms. The van der Waals surface area contributed by atoms with Crippen LogP contribution in [0.3, 0.4) is 0 Å². The molecule has 1 fully saturated rings. The molecule has 1 saturated heterocycles. The minimum atomic E-state index is -0.207. The van der Waals surface area contributed by atoms with Gasteiger partial charge < -0.3 is 15.4 Å². The molecule has 0 radical (unpaired) electrons. The Morgan fingerprint density at radius 2 is 2.19 bits per heavy atom. The zero-order valence-electron chi connectivity index (χ0n) is 12.3. The van der Waals surface area contributed by atoms with Crippen molar-refractivity contribution in [3.8, 4) is 0 Å². The number of amides is 1. The van der Waals surface area contributed by atoms with Gasteiger partial charge in [0.2, 0.25) is 5.91 Å². The van der Waals surface area contributed by atoms with Gasteiger partial charge in [0.15, 0.2) is 0 Å². The fourth-order valence-electron chi connectivity index (χ4n) is 2.26. The second-order valence-electron chi connectivity index (χ2n) is 5.46. The molecule has 1 aromatic rings. The van der Waals surface area contributed by atoms with Crippen LogP contribution < -0.4 is 10.6 Å². The summed E-state index contributed by atoms with van der Waals surface area (Å²) in [5.41, 5.74) is 0.986. The molecule has 0 aromatic heterocycles. The monoisotopic (exact) mass is 290 g/mol. The highest BCUT2D eigenvalue weighted by Gasteiger charge is 2.21. The summed E-state index contributed by atoms with van der Waals surface area (Å²) in [5.74, 6) is -0.301. The lowest BCUT2D eigenvalue weighted by molar-refractivity contribution is -0.149. The highest BCUT2D eigenvalue weighted by Crippen LogP contribution is 2.06. The maximum Gasteiger partial charge on any atom is 0.310 e. The van der Waals surface area contributed by atoms with Crippen molar-refractivity contribution in [1.82, 2.24) is 10.6 Å². The number of rotatable bonds is 7. The third-order valence-electron chi connectivity index (χ3n) is 3.55. The molecule has 114 valence electrons. The summed E-state index contributed by atoms with van der Waals surface area (Å²) in [7, 11) is 0. The first-order valence-electron chi connectivity index (χ1n) is 7.36. The standard InChI is InChI=1S/C16H22N2O3/c1-12(9-17-10-14-7-8-15(19)18-14)16(20)21-11-13-5-3-2-4-6-13/h2-6,12,14,17H,7-11H2,1H3,(H,18,19). The highest BCUT2D eigenvalue weighted by molar-refractivity contribution is 5.78. The molecule has 5 heteroatoms. The summed E-state index contributed by atoms with van der Waals surface area (Å²) < 4.78 is 5.28. The van der Waals surface area contributed by atoms with E-state index in [9.17, 15) is 9.59 Å². The molecular formula is C16H22N2O3. The van der Waals surface area contributed by atoms with Crippen LogP contribution in [-0.4, -0.2) is 31.0 Å². The Labute approximate surface area is 125 Å². The fourth-order valence-corrected chi connectivity index (χ4v) is 2.26. The van der Waals surface area contributed by atoms with Gasteiger partial charge in [-0.25, -0.2) is 0 Å². The zero-order chi connectivity index (χ0) is 15.1. The molecule has 0 saturated carbocycles. The zero-order valence-corrected chi connectivity index (χ0v) is 12.3. The minimum Gasteiger partial charge on any atom is -0.461 e. The van der Waals surface area contributed by atoms with Crippen LogP contribution in [-0.2, 0) is 20.9 Å². The topological polar surface area (TPSA) is 67.4 Å². The van der Waals surface area contributed by atoms with E-state index in [-0.39, 0.29) is 23.8 Å². The van der Waals surface area contributed by atoms with Crippen LogP contribution >= 0.6 is 0 Å². The molecule has 1 aromatic carbocycles. The van der Waals surface area contributed by atoms with Gasteiger partial charge in [-0.2, -0.15) is 0 Å². The van der Waals surface area contributed by atoms with E-state index in [0.717, 1.165) is 12.0 Å². The van der Waals surface area contributed by atoms with E-state index in [1.165, 1.54) is 0 Å². The number of nitrogens with one attached hydrogen (secondary N) is 2. The smallest absolute Gasteiger partial charge is 0.310 e. The number of hydrogen-bond donors (Lipinski definition) is 2. The summed E-state index contributed by atoms with van der Waals surface area (Å²) >= 11 is 0. The van der Waals surface area contributed by atoms with Gasteiger partial charge in [0.1, 0.15) is 6.61 Å². The molecule has 21 heavy (non-hydrogen) atoms. The minimum absolute atomic E-state index is 0.108. The Morgan fingerprint density at radius 1 is 1.43 bits per heavy atom. The molecule has 1 amide bonds. The Hall–Kier alpha value is -1.88. The van der Waals surface area contributed by atoms with Crippen molar-refractivity contribution in [3.05, 3.63) is 35.9 Å². The third-order valence-corrected chi connectivity index (χ3v) is 3.55. The average Bonchev–Trinajstić information content (AvgIpc) is 2.91. The first kappa shape index (κ1) is 15.5. The van der Waals surface area contributed by atoms with Gasteiger partial charge in [-0.15, -0.1) is 0 Å². The summed E-state index contributed by atoms with van der Waals surface area (Å²) in [6, 6.07) is 9.82. The van der Waals surface area contributed by atoms with Crippen LogP contribution in [0.1, 0.15) is 25.3 Å². The van der Waals surface area contributed by atoms with E-state index >= 15 is 0 Å². The van der Waals surface area contributed by atoms with Gasteiger partial charge >= 0.3 is 5.97 Å². The molecule has 2 atom stereocenters. The lowest BCUT2D eigenvalue weighted by Crippen LogP contribution is -2.38. The van der Waals surface area contributed by atoms with E-state index in [0.29, 0.717) is 26.1 Å². The average molecular weight is 290 g/mol. The molecule has 0 aliphatic carbocycles. The van der Waals surface area contributed by atoms with Gasteiger partial charge in [-0.1, -0.05) is 37.3 Å². The number of carbonyl (C=O) groups excluding carboxylic acids is 2. The number of benzene rings is 1. The van der Waals surface area contributed by atoms with E-state index in [4.69, 9.17) is 4.74 Å². The van der Waals surface area contributed by atoms with Crippen LogP contribution in [0.5, 0.6) is 0 Å². The first-order chi connectivity index (χ1) is 10.1. The van der Waals surface area contributed by atoms with E-state index < -0.39 is 0 Å². The van der Waals surface area contributed by atoms with Gasteiger partial charge in [0.25, 0.3) is 0 Å². The van der Waals surface area contributed by atoms with Gasteiger partial charge in [-0.3, -0.25) is 9.59 Å². The normalized spacial score (nSPS) is 19.1. The molecule has 1 aliphatic rings. The van der Waals surface area contributed by atoms with E-state index in [1.54, 1.807) is 0 Å². The molecule has 1 aliphatic heterocycles. The molecule has 1 heterocycles. The van der Waals surface area contributed by atoms with Crippen molar-refractivity contribution < 1.29 is 14.3 Å². The Morgan fingerprint density at radius 3 is 2.86 bits per heavy atom. The van der Waals surface area contributed by atoms with Gasteiger partial charge in [-0.05, 0) is 12.0 Å². The highest BCUT2D eigenvalue weighted by atomic mass is 16.5. The molecule has 2 N–H and O–H groups in total. The van der Waals surface area contributed by atoms with Crippen LogP contribution in [0.4, 0.5) is 0 Å². The predicted molar refractivity (Wildman–Crippen MR) is 79.4 cm³/mol. The van der Waals surface area contributed by atoms with Crippen molar-refractivity contribution in [2.24, 2.45) is 5.92 Å². The number of ether oxygens (including phenoxy) is 1. The summed E-state index contributed by atoms with van der Waals surface area (Å²) in [4.78, 5) is 22.9. The van der Waals surface area contributed by atoms with E-state index in [2.05, 4.69) is 10.6 Å². The maximum absolute atomic E-state index is 11.9. The summed E-state index contributed by atoms with van der Waals surface area (Å²) in [6.07, 6.45) is 1.46. The van der Waals surface area contributed by atoms with Crippen LogP contribution in [0.2, 0.25) is 0 Å². The molecule has 2 rings (SSSR count). The lowest BCUT2D eigenvalue weighted by atomic mass is 10.1. The Balaban J connectivity index is 1.62. The number of hydrogen-bond acceptors (Lipinski definition) is 4. The maximum atomic E-state index is 11.9. The second-order valence-corrected chi connectivity index (χ2v) is 5.46. The second kappa shape index (κ2) is 7.78. The SMILES string of the molecule is CC(CNCC1CCC(=O)N1)C(=O)OCc1ccccc1. The van der Waals surface area contributed by atoms with Crippen molar-refractivity contribution in [2.75, 3.05) is 13.1 Å². The van der Waals surface area contributed by atoms with Gasteiger partial charge in [0, 0.05) is 25.6 Å². The number of carbonyl (C=O) groups is 2. The molecule has 2 unspecified atom stereocenters. The number of esters is 1. The molecule has 5 nitrogen and oxygen atoms in total. The molecule has 0 bridgehead atoms. The lowest BCUT2D eigenvalue weighted by Gasteiger charge is -2.15. The first-order valence-corrected chi connectivity index (χ1v) is 7.36. The van der Waals surface area contributed by atoms with E-state index in [1.807, 2.05) is 37.3 Å². The Kier molecular flexibility index (Phi) is 5.75. The third kappa shape index (κ3) is 5.19. The molecular weight excluding hydrogens is 268 g/mol. The Bertz CT molecular complexity index is 476. The van der Waals surface area contributed by atoms with Gasteiger partial charge in [0.05, 0.1) is 5.92 Å². The van der Waals surface area contributed by atoms with Crippen molar-refractivity contribution >= 4 is 11.9 Å². The van der Waals surface area contributed by atoms with Crippen LogP contribution in [0, 0.1) is 5.92 Å². The van der Waals surface area contributed by atoms with Crippen LogP contribution in [0.25, 0.3) is 0 Å².